The van der Waals surface area contributed by atoms with Gasteiger partial charge in [0.25, 0.3) is 0 Å². The molecule has 0 aliphatic heterocycles. The number of hydrogen-bond donors (Lipinski definition) is 4. The third-order valence-corrected chi connectivity index (χ3v) is 3.66. The van der Waals surface area contributed by atoms with E-state index >= 15 is 0 Å². The highest BCUT2D eigenvalue weighted by Gasteiger charge is 2.04. The molecule has 0 radical (unpaired) electrons. The number of hydrogen-bond acceptors (Lipinski definition) is 4. The van der Waals surface area contributed by atoms with Gasteiger partial charge in [0.05, 0.1) is 7.11 Å². The molecule has 0 aliphatic carbocycles. The number of thiocarbonyl (C=S) groups is 2. The second-order valence-corrected chi connectivity index (χ2v) is 5.70. The molecule has 0 amide bonds. The van der Waals surface area contributed by atoms with Gasteiger partial charge in [-0.15, -0.1) is 0 Å². The molecule has 8 heteroatoms. The Kier molecular flexibility index (Phi) is 8.28. The lowest BCUT2D eigenvalue weighted by molar-refractivity contribution is -0.140. The molecule has 0 fully saturated rings. The van der Waals surface area contributed by atoms with Crippen molar-refractivity contribution in [3.05, 3.63) is 29.3 Å². The summed E-state index contributed by atoms with van der Waals surface area (Å²) in [5, 5.41) is 6.89. The smallest absolute Gasteiger partial charge is 0.305 e. The van der Waals surface area contributed by atoms with Crippen molar-refractivity contribution in [2.75, 3.05) is 19.0 Å². The van der Waals surface area contributed by atoms with E-state index in [1.54, 1.807) is 0 Å². The number of aryl methyl sites for hydroxylation is 1. The Hall–Kier alpha value is -1.93. The lowest BCUT2D eigenvalue weighted by Gasteiger charge is -2.16. The summed E-state index contributed by atoms with van der Waals surface area (Å²) in [6, 6.07) is 5.97. The third kappa shape index (κ3) is 7.25. The number of nitrogens with one attached hydrogen (secondary N) is 4. The predicted molar refractivity (Wildman–Crippen MR) is 100 cm³/mol. The van der Waals surface area contributed by atoms with Gasteiger partial charge in [-0.2, -0.15) is 0 Å². The van der Waals surface area contributed by atoms with Gasteiger partial charge in [-0.25, -0.2) is 0 Å². The fourth-order valence-corrected chi connectivity index (χ4v) is 2.05. The summed E-state index contributed by atoms with van der Waals surface area (Å²) in [6.45, 7) is 4.64. The van der Waals surface area contributed by atoms with Crippen LogP contribution in [-0.2, 0) is 9.53 Å². The van der Waals surface area contributed by atoms with E-state index in [1.807, 2.05) is 32.0 Å². The zero-order valence-corrected chi connectivity index (χ0v) is 15.1. The van der Waals surface area contributed by atoms with Crippen molar-refractivity contribution in [1.29, 1.82) is 0 Å². The number of benzene rings is 1. The Labute approximate surface area is 147 Å². The molecule has 4 N–H and O–H groups in total. The molecule has 0 bridgehead atoms. The summed E-state index contributed by atoms with van der Waals surface area (Å²) in [6.07, 6.45) is 0.992. The maximum absolute atomic E-state index is 11.0. The van der Waals surface area contributed by atoms with Crippen LogP contribution in [-0.4, -0.2) is 29.8 Å². The largest absolute Gasteiger partial charge is 0.469 e. The number of carbonyl (C=O) groups excluding carboxylic acids is 1. The molecule has 0 saturated carbocycles. The number of ether oxygens (including phenoxy) is 1. The van der Waals surface area contributed by atoms with Crippen LogP contribution in [0.1, 0.15) is 24.0 Å². The van der Waals surface area contributed by atoms with Crippen LogP contribution in [0.15, 0.2) is 18.2 Å². The summed E-state index contributed by atoms with van der Waals surface area (Å²) in [7, 11) is 1.37. The van der Waals surface area contributed by atoms with E-state index in [0.29, 0.717) is 29.6 Å². The Balaban J connectivity index is 2.26. The Morgan fingerprint density at radius 1 is 1.17 bits per heavy atom. The number of anilines is 1. The summed E-state index contributed by atoms with van der Waals surface area (Å²) < 4.78 is 4.56. The maximum Gasteiger partial charge on any atom is 0.305 e. The Morgan fingerprint density at radius 2 is 1.87 bits per heavy atom. The van der Waals surface area contributed by atoms with Crippen molar-refractivity contribution in [3.63, 3.8) is 0 Å². The molecule has 1 rings (SSSR count). The average Bonchev–Trinajstić information content (AvgIpc) is 2.53. The van der Waals surface area contributed by atoms with Crippen molar-refractivity contribution in [2.45, 2.75) is 26.7 Å². The van der Waals surface area contributed by atoms with Crippen LogP contribution in [0.4, 0.5) is 5.69 Å². The highest BCUT2D eigenvalue weighted by Crippen LogP contribution is 2.17. The zero-order valence-electron chi connectivity index (χ0n) is 13.5. The van der Waals surface area contributed by atoms with Gasteiger partial charge >= 0.3 is 5.97 Å². The molecule has 0 aromatic heterocycles. The van der Waals surface area contributed by atoms with Gasteiger partial charge in [-0.05, 0) is 61.9 Å². The molecular formula is C15H22N4O2S2. The normalized spacial score (nSPS) is 9.70. The van der Waals surface area contributed by atoms with Gasteiger partial charge in [0.2, 0.25) is 0 Å². The molecule has 0 aliphatic rings. The first-order chi connectivity index (χ1) is 10.9. The topological polar surface area (TPSA) is 74.4 Å². The summed E-state index contributed by atoms with van der Waals surface area (Å²) in [4.78, 5) is 11.0. The van der Waals surface area contributed by atoms with Crippen LogP contribution >= 0.6 is 24.4 Å². The minimum Gasteiger partial charge on any atom is -0.469 e. The van der Waals surface area contributed by atoms with Crippen LogP contribution < -0.4 is 21.5 Å². The van der Waals surface area contributed by atoms with Crippen LogP contribution in [0.25, 0.3) is 0 Å². The van der Waals surface area contributed by atoms with Crippen LogP contribution in [0.5, 0.6) is 0 Å². The van der Waals surface area contributed by atoms with Crippen molar-refractivity contribution < 1.29 is 9.53 Å². The quantitative estimate of drug-likeness (QED) is 0.277. The van der Waals surface area contributed by atoms with E-state index in [-0.39, 0.29) is 5.97 Å². The van der Waals surface area contributed by atoms with Gasteiger partial charge in [-0.3, -0.25) is 15.6 Å². The van der Waals surface area contributed by atoms with Crippen LogP contribution in [0.3, 0.4) is 0 Å². The number of carbonyl (C=O) groups is 1. The van der Waals surface area contributed by atoms with Crippen molar-refractivity contribution in [1.82, 2.24) is 16.2 Å². The van der Waals surface area contributed by atoms with E-state index in [0.717, 1.165) is 11.3 Å². The first kappa shape index (κ1) is 19.1. The summed E-state index contributed by atoms with van der Waals surface area (Å²) in [5.74, 6) is -0.234. The first-order valence-electron chi connectivity index (χ1n) is 7.18. The second kappa shape index (κ2) is 9.96. The molecule has 1 aromatic carbocycles. The molecule has 0 spiro atoms. The SMILES string of the molecule is COC(=O)CCCNC(=S)NNC(=S)Nc1cccc(C)c1C. The number of hydrazine groups is 1. The molecule has 0 saturated heterocycles. The van der Waals surface area contributed by atoms with E-state index in [2.05, 4.69) is 26.2 Å². The van der Waals surface area contributed by atoms with Crippen LogP contribution in [0.2, 0.25) is 0 Å². The van der Waals surface area contributed by atoms with Gasteiger partial charge in [0.1, 0.15) is 0 Å². The minimum absolute atomic E-state index is 0.234. The van der Waals surface area contributed by atoms with Gasteiger partial charge in [-0.1, -0.05) is 12.1 Å². The number of esters is 1. The lowest BCUT2D eigenvalue weighted by atomic mass is 10.1. The van der Waals surface area contributed by atoms with E-state index in [9.17, 15) is 4.79 Å². The summed E-state index contributed by atoms with van der Waals surface area (Å²) in [5.41, 5.74) is 8.88. The standard InChI is InChI=1S/C15H22N4O2S2/c1-10-6-4-7-12(11(10)2)17-15(23)19-18-14(22)16-9-5-8-13(20)21-3/h4,6-7H,5,8-9H2,1-3H3,(H2,16,18,22)(H2,17,19,23). The molecule has 0 unspecified atom stereocenters. The lowest BCUT2D eigenvalue weighted by Crippen LogP contribution is -2.48. The predicted octanol–water partition coefficient (Wildman–Crippen LogP) is 1.92. The van der Waals surface area contributed by atoms with Crippen molar-refractivity contribution >= 4 is 46.3 Å². The zero-order chi connectivity index (χ0) is 17.2. The first-order valence-corrected chi connectivity index (χ1v) is 7.99. The van der Waals surface area contributed by atoms with E-state index in [4.69, 9.17) is 24.4 Å². The van der Waals surface area contributed by atoms with Crippen molar-refractivity contribution in [3.8, 4) is 0 Å². The summed E-state index contributed by atoms with van der Waals surface area (Å²) >= 11 is 10.3. The Morgan fingerprint density at radius 3 is 2.57 bits per heavy atom. The fraction of sp³-hybridized carbons (Fsp3) is 0.400. The monoisotopic (exact) mass is 354 g/mol. The number of rotatable bonds is 5. The molecule has 23 heavy (non-hydrogen) atoms. The maximum atomic E-state index is 11.0. The van der Waals surface area contributed by atoms with Gasteiger partial charge in [0, 0.05) is 18.7 Å². The van der Waals surface area contributed by atoms with E-state index < -0.39 is 0 Å². The molecule has 6 nitrogen and oxygen atoms in total. The molecule has 0 heterocycles. The Bertz CT molecular complexity index is 579. The van der Waals surface area contributed by atoms with E-state index in [1.165, 1.54) is 12.7 Å². The third-order valence-electron chi connectivity index (χ3n) is 3.21. The highest BCUT2D eigenvalue weighted by molar-refractivity contribution is 7.80. The fourth-order valence-electron chi connectivity index (χ4n) is 1.73. The second-order valence-electron chi connectivity index (χ2n) is 4.89. The van der Waals surface area contributed by atoms with Gasteiger partial charge in [0.15, 0.2) is 10.2 Å². The minimum atomic E-state index is -0.234. The molecule has 126 valence electrons. The van der Waals surface area contributed by atoms with Gasteiger partial charge < -0.3 is 15.4 Å². The molecule has 0 atom stereocenters. The van der Waals surface area contributed by atoms with Crippen molar-refractivity contribution in [2.24, 2.45) is 0 Å². The molecular weight excluding hydrogens is 332 g/mol. The van der Waals surface area contributed by atoms with Crippen LogP contribution in [0, 0.1) is 13.8 Å². The number of methoxy groups -OCH3 is 1. The molecule has 1 aromatic rings. The average molecular weight is 355 g/mol. The highest BCUT2D eigenvalue weighted by atomic mass is 32.1.